The molecular formula is C25H25FN2O3. The molecule has 0 bridgehead atoms. The zero-order valence-electron chi connectivity index (χ0n) is 17.4. The fourth-order valence-corrected chi connectivity index (χ4v) is 3.16. The van der Waals surface area contributed by atoms with Crippen molar-refractivity contribution in [3.05, 3.63) is 101 Å². The Bertz CT molecular complexity index is 1010. The number of benzene rings is 3. The highest BCUT2D eigenvalue weighted by molar-refractivity contribution is 6.06. The number of carbonyl (C=O) groups is 2. The summed E-state index contributed by atoms with van der Waals surface area (Å²) in [6, 6.07) is 22.4. The third-order valence-electron chi connectivity index (χ3n) is 4.74. The number of ether oxygens (including phenoxy) is 1. The zero-order valence-corrected chi connectivity index (χ0v) is 17.4. The molecule has 0 spiro atoms. The Morgan fingerprint density at radius 3 is 2.39 bits per heavy atom. The molecule has 5 nitrogen and oxygen atoms in total. The lowest BCUT2D eigenvalue weighted by Crippen LogP contribution is -2.31. The molecule has 3 aromatic carbocycles. The third-order valence-corrected chi connectivity index (χ3v) is 4.74. The van der Waals surface area contributed by atoms with Crippen molar-refractivity contribution in [3.63, 3.8) is 0 Å². The number of anilines is 1. The van der Waals surface area contributed by atoms with E-state index in [1.54, 1.807) is 36.3 Å². The Kier molecular flexibility index (Phi) is 7.90. The standard InChI is InChI=1S/C25H25FN2O3/c1-31-15-14-27-24(29)17-20-6-5-9-23(16-20)28(18-19-10-12-22(26)13-11-19)25(30)21-7-3-2-4-8-21/h2-13,16H,14-15,17-18H2,1H3,(H,27,29). The van der Waals surface area contributed by atoms with E-state index in [1.165, 1.54) is 12.1 Å². The van der Waals surface area contributed by atoms with E-state index in [9.17, 15) is 14.0 Å². The lowest BCUT2D eigenvalue weighted by molar-refractivity contribution is -0.120. The molecule has 6 heteroatoms. The Morgan fingerprint density at radius 1 is 0.935 bits per heavy atom. The molecular weight excluding hydrogens is 395 g/mol. The molecule has 2 amide bonds. The second-order valence-corrected chi connectivity index (χ2v) is 7.07. The van der Waals surface area contributed by atoms with Gasteiger partial charge in [0, 0.05) is 24.9 Å². The summed E-state index contributed by atoms with van der Waals surface area (Å²) >= 11 is 0. The van der Waals surface area contributed by atoms with E-state index in [2.05, 4.69) is 5.32 Å². The molecule has 0 radical (unpaired) electrons. The maximum atomic E-state index is 13.3. The van der Waals surface area contributed by atoms with Crippen LogP contribution in [0, 0.1) is 5.82 Å². The largest absolute Gasteiger partial charge is 0.383 e. The molecule has 0 aliphatic rings. The van der Waals surface area contributed by atoms with Crippen molar-refractivity contribution >= 4 is 17.5 Å². The van der Waals surface area contributed by atoms with E-state index < -0.39 is 0 Å². The summed E-state index contributed by atoms with van der Waals surface area (Å²) in [5.41, 5.74) is 2.80. The maximum absolute atomic E-state index is 13.3. The lowest BCUT2D eigenvalue weighted by atomic mass is 10.1. The van der Waals surface area contributed by atoms with Crippen molar-refractivity contribution in [2.45, 2.75) is 13.0 Å². The minimum atomic E-state index is -0.328. The van der Waals surface area contributed by atoms with Crippen LogP contribution in [0.3, 0.4) is 0 Å². The van der Waals surface area contributed by atoms with Gasteiger partial charge < -0.3 is 15.0 Å². The molecule has 31 heavy (non-hydrogen) atoms. The van der Waals surface area contributed by atoms with Crippen LogP contribution < -0.4 is 10.2 Å². The van der Waals surface area contributed by atoms with Crippen molar-refractivity contribution in [2.24, 2.45) is 0 Å². The lowest BCUT2D eigenvalue weighted by Gasteiger charge is -2.24. The molecule has 1 N–H and O–H groups in total. The summed E-state index contributed by atoms with van der Waals surface area (Å²) in [5, 5.41) is 2.79. The van der Waals surface area contributed by atoms with E-state index in [4.69, 9.17) is 4.74 Å². The first-order chi connectivity index (χ1) is 15.1. The number of halogens is 1. The summed E-state index contributed by atoms with van der Waals surface area (Å²) < 4.78 is 18.3. The first-order valence-electron chi connectivity index (χ1n) is 10.0. The van der Waals surface area contributed by atoms with Gasteiger partial charge in [0.15, 0.2) is 0 Å². The second-order valence-electron chi connectivity index (χ2n) is 7.07. The second kappa shape index (κ2) is 11.0. The van der Waals surface area contributed by atoms with Gasteiger partial charge in [-0.3, -0.25) is 9.59 Å². The highest BCUT2D eigenvalue weighted by Crippen LogP contribution is 2.22. The highest BCUT2D eigenvalue weighted by Gasteiger charge is 2.19. The van der Waals surface area contributed by atoms with Gasteiger partial charge in [-0.1, -0.05) is 42.5 Å². The summed E-state index contributed by atoms with van der Waals surface area (Å²) in [6.45, 7) is 1.17. The van der Waals surface area contributed by atoms with E-state index in [-0.39, 0.29) is 30.6 Å². The van der Waals surface area contributed by atoms with Gasteiger partial charge in [0.05, 0.1) is 19.6 Å². The van der Waals surface area contributed by atoms with Gasteiger partial charge in [0.1, 0.15) is 5.82 Å². The summed E-state index contributed by atoms with van der Waals surface area (Å²) in [6.07, 6.45) is 0.196. The van der Waals surface area contributed by atoms with Crippen molar-refractivity contribution in [3.8, 4) is 0 Å². The van der Waals surface area contributed by atoms with Crippen LogP contribution in [-0.2, 0) is 22.5 Å². The normalized spacial score (nSPS) is 10.5. The molecule has 0 aliphatic heterocycles. The van der Waals surface area contributed by atoms with Gasteiger partial charge in [0.2, 0.25) is 5.91 Å². The van der Waals surface area contributed by atoms with Crippen LogP contribution in [-0.4, -0.2) is 32.1 Å². The van der Waals surface area contributed by atoms with E-state index >= 15 is 0 Å². The molecule has 0 atom stereocenters. The number of rotatable bonds is 9. The molecule has 0 saturated heterocycles. The first kappa shape index (κ1) is 22.2. The van der Waals surface area contributed by atoms with E-state index in [1.807, 2.05) is 42.5 Å². The Hall–Kier alpha value is -3.51. The summed E-state index contributed by atoms with van der Waals surface area (Å²) in [5.74, 6) is -0.619. The molecule has 3 aromatic rings. The third kappa shape index (κ3) is 6.49. The minimum Gasteiger partial charge on any atom is -0.383 e. The molecule has 0 heterocycles. The summed E-state index contributed by atoms with van der Waals surface area (Å²) in [7, 11) is 1.58. The van der Waals surface area contributed by atoms with Gasteiger partial charge in [-0.25, -0.2) is 4.39 Å². The fraction of sp³-hybridized carbons (Fsp3) is 0.200. The topological polar surface area (TPSA) is 58.6 Å². The molecule has 0 aliphatic carbocycles. The quantitative estimate of drug-likeness (QED) is 0.533. The number of hydrogen-bond acceptors (Lipinski definition) is 3. The van der Waals surface area contributed by atoms with Gasteiger partial charge in [-0.15, -0.1) is 0 Å². The average Bonchev–Trinajstić information content (AvgIpc) is 2.79. The van der Waals surface area contributed by atoms with E-state index in [0.29, 0.717) is 24.4 Å². The van der Waals surface area contributed by atoms with Gasteiger partial charge >= 0.3 is 0 Å². The molecule has 3 rings (SSSR count). The number of hydrogen-bond donors (Lipinski definition) is 1. The molecule has 0 unspecified atom stereocenters. The predicted octanol–water partition coefficient (Wildman–Crippen LogP) is 3.98. The number of amides is 2. The predicted molar refractivity (Wildman–Crippen MR) is 118 cm³/mol. The van der Waals surface area contributed by atoms with Crippen molar-refractivity contribution in [2.75, 3.05) is 25.2 Å². The number of nitrogens with one attached hydrogen (secondary N) is 1. The van der Waals surface area contributed by atoms with Gasteiger partial charge in [-0.2, -0.15) is 0 Å². The molecule has 0 aromatic heterocycles. The molecule has 0 saturated carbocycles. The number of nitrogens with zero attached hydrogens (tertiary/aromatic N) is 1. The number of methoxy groups -OCH3 is 1. The average molecular weight is 420 g/mol. The van der Waals surface area contributed by atoms with Gasteiger partial charge in [-0.05, 0) is 47.5 Å². The Balaban J connectivity index is 1.85. The zero-order chi connectivity index (χ0) is 22.1. The maximum Gasteiger partial charge on any atom is 0.258 e. The Morgan fingerprint density at radius 2 is 1.68 bits per heavy atom. The number of carbonyl (C=O) groups excluding carboxylic acids is 2. The fourth-order valence-electron chi connectivity index (χ4n) is 3.16. The van der Waals surface area contributed by atoms with Crippen LogP contribution in [0.25, 0.3) is 0 Å². The smallest absolute Gasteiger partial charge is 0.258 e. The van der Waals surface area contributed by atoms with E-state index in [0.717, 1.165) is 11.1 Å². The van der Waals surface area contributed by atoms with Gasteiger partial charge in [0.25, 0.3) is 5.91 Å². The SMILES string of the molecule is COCCNC(=O)Cc1cccc(N(Cc2ccc(F)cc2)C(=O)c2ccccc2)c1. The summed E-state index contributed by atoms with van der Waals surface area (Å²) in [4.78, 5) is 27.1. The van der Waals surface area contributed by atoms with Crippen LogP contribution in [0.2, 0.25) is 0 Å². The van der Waals surface area contributed by atoms with Crippen molar-refractivity contribution in [1.82, 2.24) is 5.32 Å². The van der Waals surface area contributed by atoms with Crippen LogP contribution in [0.5, 0.6) is 0 Å². The highest BCUT2D eigenvalue weighted by atomic mass is 19.1. The Labute approximate surface area is 181 Å². The van der Waals surface area contributed by atoms with Crippen LogP contribution >= 0.6 is 0 Å². The molecule has 0 fully saturated rings. The van der Waals surface area contributed by atoms with Crippen LogP contribution in [0.15, 0.2) is 78.9 Å². The van der Waals surface area contributed by atoms with Crippen molar-refractivity contribution < 1.29 is 18.7 Å². The van der Waals surface area contributed by atoms with Crippen LogP contribution in [0.1, 0.15) is 21.5 Å². The minimum absolute atomic E-state index is 0.117. The van der Waals surface area contributed by atoms with Crippen LogP contribution in [0.4, 0.5) is 10.1 Å². The van der Waals surface area contributed by atoms with Crippen molar-refractivity contribution in [1.29, 1.82) is 0 Å². The first-order valence-corrected chi connectivity index (χ1v) is 10.0. The molecule has 160 valence electrons. The monoisotopic (exact) mass is 420 g/mol.